The van der Waals surface area contributed by atoms with Crippen LogP contribution in [-0.2, 0) is 22.4 Å². The van der Waals surface area contributed by atoms with Crippen molar-refractivity contribution in [1.82, 2.24) is 9.55 Å². The number of nitrogens with zero attached hydrogens (tertiary/aromatic N) is 4. The summed E-state index contributed by atoms with van der Waals surface area (Å²) in [6.07, 6.45) is 4.87. The molecule has 4 atom stereocenters. The topological polar surface area (TPSA) is 108 Å². The van der Waals surface area contributed by atoms with E-state index in [2.05, 4.69) is 10.6 Å². The Morgan fingerprint density at radius 3 is 2.68 bits per heavy atom. The lowest BCUT2D eigenvalue weighted by Crippen LogP contribution is -2.42. The van der Waals surface area contributed by atoms with Crippen LogP contribution < -0.4 is 4.90 Å². The van der Waals surface area contributed by atoms with Crippen molar-refractivity contribution >= 4 is 28.8 Å². The molecule has 8 nitrogen and oxygen atoms in total. The van der Waals surface area contributed by atoms with Crippen molar-refractivity contribution in [2.24, 2.45) is 5.92 Å². The zero-order valence-electron chi connectivity index (χ0n) is 21.3. The average Bonchev–Trinajstić information content (AvgIpc) is 3.30. The van der Waals surface area contributed by atoms with E-state index in [0.29, 0.717) is 5.82 Å². The van der Waals surface area contributed by atoms with Crippen molar-refractivity contribution in [3.8, 4) is 6.07 Å². The van der Waals surface area contributed by atoms with Gasteiger partial charge >= 0.3 is 12.1 Å². The minimum atomic E-state index is -0.893. The zero-order chi connectivity index (χ0) is 26.1. The van der Waals surface area contributed by atoms with E-state index in [-0.39, 0.29) is 24.4 Å². The molecule has 0 saturated heterocycles. The molecule has 8 heteroatoms. The number of fused-ring (bicyclic) bond motifs is 3. The predicted molar refractivity (Wildman–Crippen MR) is 140 cm³/mol. The first-order valence-corrected chi connectivity index (χ1v) is 13.0. The molecule has 1 N–H and O–H groups in total. The quantitative estimate of drug-likeness (QED) is 0.488. The number of hydrogen-bond acceptors (Lipinski definition) is 5. The van der Waals surface area contributed by atoms with Crippen LogP contribution in [0.5, 0.6) is 0 Å². The van der Waals surface area contributed by atoms with Gasteiger partial charge in [-0.25, -0.2) is 9.78 Å². The first kappa shape index (κ1) is 24.8. The Morgan fingerprint density at radius 2 is 1.97 bits per heavy atom. The third-order valence-corrected chi connectivity index (χ3v) is 7.98. The van der Waals surface area contributed by atoms with E-state index in [9.17, 15) is 20.0 Å². The van der Waals surface area contributed by atoms with Gasteiger partial charge in [0.2, 0.25) is 0 Å². The molecular weight excluding hydrogens is 468 g/mol. The van der Waals surface area contributed by atoms with Crippen LogP contribution in [-0.4, -0.2) is 39.9 Å². The van der Waals surface area contributed by atoms with Gasteiger partial charge in [-0.3, -0.25) is 9.69 Å². The van der Waals surface area contributed by atoms with E-state index in [1.54, 1.807) is 4.90 Å². The van der Waals surface area contributed by atoms with Crippen molar-refractivity contribution < 1.29 is 19.4 Å². The molecule has 0 radical (unpaired) electrons. The molecule has 0 spiro atoms. The van der Waals surface area contributed by atoms with Gasteiger partial charge in [0.15, 0.2) is 0 Å². The molecular formula is C29H32N4O4. The Labute approximate surface area is 216 Å². The number of nitriles is 1. The van der Waals surface area contributed by atoms with E-state index in [1.807, 2.05) is 49.4 Å². The number of carboxylic acids is 1. The van der Waals surface area contributed by atoms with Crippen LogP contribution in [0.25, 0.3) is 11.0 Å². The number of benzene rings is 2. The summed E-state index contributed by atoms with van der Waals surface area (Å²) in [5, 5.41) is 19.8. The highest BCUT2D eigenvalue weighted by atomic mass is 16.5. The van der Waals surface area contributed by atoms with Crippen molar-refractivity contribution in [3.05, 3.63) is 59.4 Å². The summed E-state index contributed by atoms with van der Waals surface area (Å²) in [4.78, 5) is 31.8. The van der Waals surface area contributed by atoms with Crippen molar-refractivity contribution in [2.75, 3.05) is 12.0 Å². The number of imidazole rings is 1. The first-order chi connectivity index (χ1) is 17.9. The second-order valence-corrected chi connectivity index (χ2v) is 10.2. The normalized spacial score (nSPS) is 22.2. The largest absolute Gasteiger partial charge is 0.481 e. The van der Waals surface area contributed by atoms with Crippen LogP contribution >= 0.6 is 0 Å². The number of hydrogen-bond donors (Lipinski definition) is 1. The summed E-state index contributed by atoms with van der Waals surface area (Å²) in [5.74, 6) is -0.946. The SMILES string of the molecule is COC(=O)N1c2ccc3c(nc(C[C@H](C(=O)O)c4ccccc4)n3[C@@H]3CCC[C@@H](C#N)C3)c2CC[C@@H]1C. The molecule has 0 unspecified atom stereocenters. The van der Waals surface area contributed by atoms with Gasteiger partial charge < -0.3 is 14.4 Å². The van der Waals surface area contributed by atoms with E-state index in [4.69, 9.17) is 9.72 Å². The van der Waals surface area contributed by atoms with Gasteiger partial charge in [0, 0.05) is 30.0 Å². The summed E-state index contributed by atoms with van der Waals surface area (Å²) >= 11 is 0. The number of carbonyl (C=O) groups excluding carboxylic acids is 1. The standard InChI is InChI=1S/C29H32N4O4/c1-18-11-12-22-24(32(18)29(36)37-2)13-14-25-27(22)31-26(33(25)21-10-6-7-19(15-21)17-30)16-23(28(34)35)20-8-4-3-5-9-20/h3-5,8-9,13-14,18-19,21,23H,6-7,10-12,15-16H2,1-2H3,(H,34,35)/t18-,19+,21+,23-/m0/s1. The smallest absolute Gasteiger partial charge is 0.414 e. The Balaban J connectivity index is 1.66. The Hall–Kier alpha value is -3.86. The molecule has 1 fully saturated rings. The van der Waals surface area contributed by atoms with Crippen LogP contribution in [0.15, 0.2) is 42.5 Å². The van der Waals surface area contributed by atoms with E-state index < -0.39 is 18.0 Å². The van der Waals surface area contributed by atoms with Gasteiger partial charge in [-0.05, 0) is 56.7 Å². The summed E-state index contributed by atoms with van der Waals surface area (Å²) in [7, 11) is 1.39. The second kappa shape index (κ2) is 10.3. The summed E-state index contributed by atoms with van der Waals surface area (Å²) in [6, 6.07) is 15.7. The molecule has 2 aromatic carbocycles. The minimum absolute atomic E-state index is 0.00292. The molecule has 1 saturated carbocycles. The fourth-order valence-corrected chi connectivity index (χ4v) is 6.11. The van der Waals surface area contributed by atoms with Crippen LogP contribution in [0.2, 0.25) is 0 Å². The number of anilines is 1. The number of aryl methyl sites for hydroxylation is 1. The number of methoxy groups -OCH3 is 1. The zero-order valence-corrected chi connectivity index (χ0v) is 21.3. The lowest BCUT2D eigenvalue weighted by molar-refractivity contribution is -0.138. The first-order valence-electron chi connectivity index (χ1n) is 13.0. The highest BCUT2D eigenvalue weighted by Crippen LogP contribution is 2.41. The Morgan fingerprint density at radius 1 is 1.19 bits per heavy atom. The number of amides is 1. The lowest BCUT2D eigenvalue weighted by Gasteiger charge is -2.34. The van der Waals surface area contributed by atoms with E-state index in [1.165, 1.54) is 7.11 Å². The fourth-order valence-electron chi connectivity index (χ4n) is 6.11. The average molecular weight is 501 g/mol. The summed E-state index contributed by atoms with van der Waals surface area (Å²) < 4.78 is 7.26. The van der Waals surface area contributed by atoms with Gasteiger partial charge in [-0.15, -0.1) is 0 Å². The maximum atomic E-state index is 12.6. The molecule has 1 amide bonds. The number of ether oxygens (including phenoxy) is 1. The van der Waals surface area contributed by atoms with Gasteiger partial charge in [-0.1, -0.05) is 36.8 Å². The molecule has 3 aromatic rings. The Kier molecular flexibility index (Phi) is 6.88. The third-order valence-electron chi connectivity index (χ3n) is 7.98. The molecule has 37 heavy (non-hydrogen) atoms. The second-order valence-electron chi connectivity index (χ2n) is 10.2. The fraction of sp³-hybridized carbons (Fsp3) is 0.448. The number of aromatic nitrogens is 2. The van der Waals surface area contributed by atoms with Crippen LogP contribution in [0.4, 0.5) is 10.5 Å². The minimum Gasteiger partial charge on any atom is -0.481 e. The maximum Gasteiger partial charge on any atom is 0.414 e. The monoisotopic (exact) mass is 500 g/mol. The molecule has 1 aliphatic heterocycles. The highest BCUT2D eigenvalue weighted by molar-refractivity contribution is 5.95. The van der Waals surface area contributed by atoms with Crippen LogP contribution in [0, 0.1) is 17.2 Å². The van der Waals surface area contributed by atoms with Gasteiger partial charge in [0.25, 0.3) is 0 Å². The van der Waals surface area contributed by atoms with Crippen molar-refractivity contribution in [2.45, 2.75) is 69.9 Å². The third kappa shape index (κ3) is 4.55. The van der Waals surface area contributed by atoms with Gasteiger partial charge in [0.1, 0.15) is 5.82 Å². The van der Waals surface area contributed by atoms with Gasteiger partial charge in [0.05, 0.1) is 35.8 Å². The molecule has 1 aliphatic carbocycles. The molecule has 2 aliphatic rings. The molecule has 0 bridgehead atoms. The summed E-state index contributed by atoms with van der Waals surface area (Å²) in [5.41, 5.74) is 4.27. The van der Waals surface area contributed by atoms with Crippen LogP contribution in [0.3, 0.4) is 0 Å². The molecule has 2 heterocycles. The Bertz CT molecular complexity index is 1360. The number of carbonyl (C=O) groups is 2. The molecule has 1 aromatic heterocycles. The van der Waals surface area contributed by atoms with Crippen molar-refractivity contribution in [1.29, 1.82) is 5.26 Å². The van der Waals surface area contributed by atoms with Crippen molar-refractivity contribution in [3.63, 3.8) is 0 Å². The van der Waals surface area contributed by atoms with Gasteiger partial charge in [-0.2, -0.15) is 5.26 Å². The molecule has 192 valence electrons. The summed E-state index contributed by atoms with van der Waals surface area (Å²) in [6.45, 7) is 2.01. The highest BCUT2D eigenvalue weighted by Gasteiger charge is 2.34. The number of carboxylic acid groups (broad SMARTS) is 1. The predicted octanol–water partition coefficient (Wildman–Crippen LogP) is 5.61. The number of aliphatic carboxylic acids is 1. The maximum absolute atomic E-state index is 12.6. The lowest BCUT2D eigenvalue weighted by atomic mass is 9.86. The molecule has 5 rings (SSSR count). The van der Waals surface area contributed by atoms with E-state index >= 15 is 0 Å². The van der Waals surface area contributed by atoms with Crippen LogP contribution in [0.1, 0.15) is 67.9 Å². The number of rotatable bonds is 5. The van der Waals surface area contributed by atoms with E-state index in [0.717, 1.165) is 66.4 Å².